The maximum absolute atomic E-state index is 9.60. The first-order chi connectivity index (χ1) is 10.4. The van der Waals surface area contributed by atoms with Crippen molar-refractivity contribution >= 4 is 12.2 Å². The molecule has 0 aromatic heterocycles. The van der Waals surface area contributed by atoms with Crippen molar-refractivity contribution in [3.05, 3.63) is 23.8 Å². The van der Waals surface area contributed by atoms with E-state index in [1.807, 2.05) is 32.9 Å². The Balaban J connectivity index is 0.000000295. The van der Waals surface area contributed by atoms with Gasteiger partial charge in [-0.1, -0.05) is 6.92 Å². The van der Waals surface area contributed by atoms with Crippen LogP contribution in [0.1, 0.15) is 33.3 Å². The minimum atomic E-state index is -0.318. The molecule has 22 heavy (non-hydrogen) atoms. The lowest BCUT2D eigenvalue weighted by Gasteiger charge is -2.31. The SMILES string of the molecule is CC(C)(C)OC=O.CCc1cc(O)ccc1N1CCNCC1. The number of hydrogen-bond donors (Lipinski definition) is 2. The van der Waals surface area contributed by atoms with Crippen molar-refractivity contribution in [2.24, 2.45) is 0 Å². The van der Waals surface area contributed by atoms with E-state index >= 15 is 0 Å². The van der Waals surface area contributed by atoms with Crippen molar-refractivity contribution in [2.75, 3.05) is 31.1 Å². The van der Waals surface area contributed by atoms with Crippen molar-refractivity contribution in [3.8, 4) is 5.75 Å². The van der Waals surface area contributed by atoms with E-state index < -0.39 is 0 Å². The summed E-state index contributed by atoms with van der Waals surface area (Å²) < 4.78 is 4.55. The fourth-order valence-electron chi connectivity index (χ4n) is 2.21. The highest BCUT2D eigenvalue weighted by atomic mass is 16.5. The van der Waals surface area contributed by atoms with Gasteiger partial charge in [0.1, 0.15) is 11.4 Å². The molecule has 1 aliphatic heterocycles. The number of phenols is 1. The number of ether oxygens (including phenoxy) is 1. The number of aryl methyl sites for hydroxylation is 1. The molecule has 0 bridgehead atoms. The van der Waals surface area contributed by atoms with Crippen LogP contribution in [-0.4, -0.2) is 43.4 Å². The number of nitrogens with zero attached hydrogens (tertiary/aromatic N) is 1. The zero-order valence-electron chi connectivity index (χ0n) is 14.1. The highest BCUT2D eigenvalue weighted by Gasteiger charge is 2.13. The molecule has 2 N–H and O–H groups in total. The first-order valence-electron chi connectivity index (χ1n) is 7.76. The first-order valence-corrected chi connectivity index (χ1v) is 7.76. The number of benzene rings is 1. The summed E-state index contributed by atoms with van der Waals surface area (Å²) in [4.78, 5) is 12.0. The summed E-state index contributed by atoms with van der Waals surface area (Å²) in [6, 6.07) is 5.67. The van der Waals surface area contributed by atoms with E-state index in [0.29, 0.717) is 12.2 Å². The molecule has 1 aromatic carbocycles. The Morgan fingerprint density at radius 3 is 2.41 bits per heavy atom. The molecule has 0 amide bonds. The van der Waals surface area contributed by atoms with E-state index in [-0.39, 0.29) is 5.60 Å². The molecule has 0 unspecified atom stereocenters. The molecule has 5 heteroatoms. The molecular formula is C17H28N2O3. The van der Waals surface area contributed by atoms with Gasteiger partial charge >= 0.3 is 0 Å². The Morgan fingerprint density at radius 1 is 1.32 bits per heavy atom. The van der Waals surface area contributed by atoms with Crippen molar-refractivity contribution in [2.45, 2.75) is 39.7 Å². The molecular weight excluding hydrogens is 280 g/mol. The molecule has 1 saturated heterocycles. The zero-order valence-corrected chi connectivity index (χ0v) is 14.1. The Hall–Kier alpha value is -1.75. The fourth-order valence-corrected chi connectivity index (χ4v) is 2.21. The Kier molecular flexibility index (Phi) is 7.18. The summed E-state index contributed by atoms with van der Waals surface area (Å²) in [5, 5.41) is 12.8. The quantitative estimate of drug-likeness (QED) is 0.839. The molecule has 1 aromatic rings. The van der Waals surface area contributed by atoms with E-state index in [4.69, 9.17) is 0 Å². The molecule has 1 heterocycles. The highest BCUT2D eigenvalue weighted by Crippen LogP contribution is 2.25. The minimum absolute atomic E-state index is 0.318. The van der Waals surface area contributed by atoms with Gasteiger partial charge in [0.15, 0.2) is 0 Å². The lowest BCUT2D eigenvalue weighted by Crippen LogP contribution is -2.43. The minimum Gasteiger partial charge on any atom is -0.508 e. The van der Waals surface area contributed by atoms with Gasteiger partial charge in [-0.3, -0.25) is 4.79 Å². The topological polar surface area (TPSA) is 61.8 Å². The van der Waals surface area contributed by atoms with Crippen LogP contribution in [0.15, 0.2) is 18.2 Å². The summed E-state index contributed by atoms with van der Waals surface area (Å²) in [6.07, 6.45) is 0.966. The van der Waals surface area contributed by atoms with Gasteiger partial charge in [-0.25, -0.2) is 0 Å². The summed E-state index contributed by atoms with van der Waals surface area (Å²) in [7, 11) is 0. The summed E-state index contributed by atoms with van der Waals surface area (Å²) in [5.74, 6) is 0.366. The van der Waals surface area contributed by atoms with Gasteiger partial charge < -0.3 is 20.1 Å². The van der Waals surface area contributed by atoms with Crippen molar-refractivity contribution in [3.63, 3.8) is 0 Å². The van der Waals surface area contributed by atoms with Crippen LogP contribution >= 0.6 is 0 Å². The van der Waals surface area contributed by atoms with Gasteiger partial charge in [-0.2, -0.15) is 0 Å². The van der Waals surface area contributed by atoms with Crippen LogP contribution in [0.3, 0.4) is 0 Å². The van der Waals surface area contributed by atoms with Gasteiger partial charge in [0.05, 0.1) is 0 Å². The van der Waals surface area contributed by atoms with E-state index in [1.54, 1.807) is 6.07 Å². The normalized spacial score (nSPS) is 14.8. The number of anilines is 1. The summed E-state index contributed by atoms with van der Waals surface area (Å²) in [5.41, 5.74) is 2.19. The smallest absolute Gasteiger partial charge is 0.293 e. The number of phenolic OH excluding ortho intramolecular Hbond substituents is 1. The van der Waals surface area contributed by atoms with Crippen molar-refractivity contribution in [1.29, 1.82) is 0 Å². The lowest BCUT2D eigenvalue weighted by atomic mass is 10.1. The largest absolute Gasteiger partial charge is 0.508 e. The maximum Gasteiger partial charge on any atom is 0.293 e. The van der Waals surface area contributed by atoms with Crippen LogP contribution < -0.4 is 10.2 Å². The van der Waals surface area contributed by atoms with Gasteiger partial charge in [0, 0.05) is 31.9 Å². The number of rotatable bonds is 3. The molecule has 2 rings (SSSR count). The van der Waals surface area contributed by atoms with Crippen molar-refractivity contribution in [1.82, 2.24) is 5.32 Å². The van der Waals surface area contributed by atoms with Gasteiger partial charge in [0.2, 0.25) is 0 Å². The Bertz CT molecular complexity index is 463. The molecule has 0 spiro atoms. The number of nitrogens with one attached hydrogen (secondary N) is 1. The highest BCUT2D eigenvalue weighted by molar-refractivity contribution is 5.56. The van der Waals surface area contributed by atoms with Gasteiger partial charge in [-0.05, 0) is 51.0 Å². The van der Waals surface area contributed by atoms with Crippen LogP contribution in [0.25, 0.3) is 0 Å². The molecule has 1 fully saturated rings. The van der Waals surface area contributed by atoms with E-state index in [9.17, 15) is 9.90 Å². The molecule has 0 aliphatic carbocycles. The van der Waals surface area contributed by atoms with Gasteiger partial charge in [-0.15, -0.1) is 0 Å². The standard InChI is InChI=1S/C12H18N2O.C5H10O2/c1-2-10-9-11(15)3-4-12(10)14-7-5-13-6-8-14;1-5(2,3)7-4-6/h3-4,9,13,15H,2,5-8H2,1H3;4H,1-3H3. The zero-order chi connectivity index (χ0) is 16.6. The summed E-state index contributed by atoms with van der Waals surface area (Å²) in [6.45, 7) is 12.2. The first kappa shape index (κ1) is 18.3. The van der Waals surface area contributed by atoms with E-state index in [0.717, 1.165) is 32.6 Å². The van der Waals surface area contributed by atoms with Crippen LogP contribution in [0.5, 0.6) is 5.75 Å². The fraction of sp³-hybridized carbons (Fsp3) is 0.588. The Labute approximate surface area is 133 Å². The molecule has 5 nitrogen and oxygen atoms in total. The third kappa shape index (κ3) is 6.35. The van der Waals surface area contributed by atoms with E-state index in [1.165, 1.54) is 11.3 Å². The molecule has 0 radical (unpaired) electrons. The maximum atomic E-state index is 9.60. The predicted octanol–water partition coefficient (Wildman–Crippen LogP) is 2.32. The molecule has 124 valence electrons. The van der Waals surface area contributed by atoms with Gasteiger partial charge in [0.25, 0.3) is 6.47 Å². The average Bonchev–Trinajstić information content (AvgIpc) is 2.47. The second-order valence-corrected chi connectivity index (χ2v) is 6.23. The predicted molar refractivity (Wildman–Crippen MR) is 89.5 cm³/mol. The number of piperazine rings is 1. The van der Waals surface area contributed by atoms with Crippen molar-refractivity contribution < 1.29 is 14.6 Å². The summed E-state index contributed by atoms with van der Waals surface area (Å²) >= 11 is 0. The molecule has 0 atom stereocenters. The van der Waals surface area contributed by atoms with E-state index in [2.05, 4.69) is 21.9 Å². The number of hydrogen-bond acceptors (Lipinski definition) is 5. The third-order valence-corrected chi connectivity index (χ3v) is 3.30. The molecule has 0 saturated carbocycles. The Morgan fingerprint density at radius 2 is 1.95 bits per heavy atom. The number of aromatic hydroxyl groups is 1. The second-order valence-electron chi connectivity index (χ2n) is 6.23. The number of carbonyl (C=O) groups excluding carboxylic acids is 1. The lowest BCUT2D eigenvalue weighted by molar-refractivity contribution is -0.138. The van der Waals surface area contributed by atoms with Crippen LogP contribution in [0, 0.1) is 0 Å². The van der Waals surface area contributed by atoms with Crippen LogP contribution in [-0.2, 0) is 16.0 Å². The van der Waals surface area contributed by atoms with Crippen LogP contribution in [0.2, 0.25) is 0 Å². The molecule has 1 aliphatic rings. The van der Waals surface area contributed by atoms with Crippen LogP contribution in [0.4, 0.5) is 5.69 Å². The average molecular weight is 308 g/mol. The monoisotopic (exact) mass is 308 g/mol. The third-order valence-electron chi connectivity index (χ3n) is 3.30. The number of carbonyl (C=O) groups is 1. The second kappa shape index (κ2) is 8.63.